The zero-order valence-electron chi connectivity index (χ0n) is 10.7. The van der Waals surface area contributed by atoms with Crippen molar-refractivity contribution in [3.63, 3.8) is 0 Å². The minimum absolute atomic E-state index is 0.200. The summed E-state index contributed by atoms with van der Waals surface area (Å²) in [6.45, 7) is 3.97. The number of ether oxygens (including phenoxy) is 1. The third kappa shape index (κ3) is 2.37. The van der Waals surface area contributed by atoms with E-state index in [-0.39, 0.29) is 11.5 Å². The monoisotopic (exact) mass is 259 g/mol. The van der Waals surface area contributed by atoms with Gasteiger partial charge in [-0.2, -0.15) is 0 Å². The van der Waals surface area contributed by atoms with Gasteiger partial charge in [0.15, 0.2) is 0 Å². The zero-order valence-corrected chi connectivity index (χ0v) is 10.7. The molecule has 3 rings (SSSR count). The Bertz CT molecular complexity index is 591. The van der Waals surface area contributed by atoms with Crippen molar-refractivity contribution in [3.05, 3.63) is 35.9 Å². The molecule has 1 aliphatic heterocycles. The SMILES string of the molecule is Oc1cccc2c(O)c(CN3CCOCC3)ccc12. The van der Waals surface area contributed by atoms with Gasteiger partial charge in [-0.1, -0.05) is 24.3 Å². The zero-order chi connectivity index (χ0) is 13.2. The Hall–Kier alpha value is -1.78. The molecule has 4 nitrogen and oxygen atoms in total. The molecule has 2 N–H and O–H groups in total. The first-order valence-corrected chi connectivity index (χ1v) is 6.48. The molecule has 2 aromatic rings. The van der Waals surface area contributed by atoms with Gasteiger partial charge in [-0.05, 0) is 6.07 Å². The van der Waals surface area contributed by atoms with Crippen LogP contribution < -0.4 is 0 Å². The molecule has 100 valence electrons. The minimum atomic E-state index is 0.200. The highest BCUT2D eigenvalue weighted by Crippen LogP contribution is 2.34. The molecule has 19 heavy (non-hydrogen) atoms. The van der Waals surface area contributed by atoms with Crippen molar-refractivity contribution in [1.82, 2.24) is 4.90 Å². The maximum absolute atomic E-state index is 10.3. The van der Waals surface area contributed by atoms with Crippen LogP contribution in [0.15, 0.2) is 30.3 Å². The van der Waals surface area contributed by atoms with Crippen LogP contribution in [0.5, 0.6) is 11.5 Å². The van der Waals surface area contributed by atoms with E-state index in [1.807, 2.05) is 18.2 Å². The summed E-state index contributed by atoms with van der Waals surface area (Å²) in [7, 11) is 0. The second-order valence-corrected chi connectivity index (χ2v) is 4.83. The summed E-state index contributed by atoms with van der Waals surface area (Å²) in [5.41, 5.74) is 0.889. The number of hydrogen-bond acceptors (Lipinski definition) is 4. The maximum atomic E-state index is 10.3. The van der Waals surface area contributed by atoms with Gasteiger partial charge in [-0.25, -0.2) is 0 Å². The fourth-order valence-electron chi connectivity index (χ4n) is 2.50. The third-order valence-corrected chi connectivity index (χ3v) is 3.59. The maximum Gasteiger partial charge on any atom is 0.128 e. The van der Waals surface area contributed by atoms with Crippen molar-refractivity contribution in [2.75, 3.05) is 26.3 Å². The number of rotatable bonds is 2. The van der Waals surface area contributed by atoms with Crippen molar-refractivity contribution in [2.24, 2.45) is 0 Å². The molecule has 2 aromatic carbocycles. The summed E-state index contributed by atoms with van der Waals surface area (Å²) in [6, 6.07) is 8.94. The lowest BCUT2D eigenvalue weighted by Crippen LogP contribution is -2.35. The first-order valence-electron chi connectivity index (χ1n) is 6.48. The van der Waals surface area contributed by atoms with Gasteiger partial charge < -0.3 is 14.9 Å². The first-order chi connectivity index (χ1) is 9.25. The fourth-order valence-corrected chi connectivity index (χ4v) is 2.50. The van der Waals surface area contributed by atoms with E-state index in [4.69, 9.17) is 4.74 Å². The average Bonchev–Trinajstić information content (AvgIpc) is 2.44. The van der Waals surface area contributed by atoms with Gasteiger partial charge in [0.05, 0.1) is 13.2 Å². The number of fused-ring (bicyclic) bond motifs is 1. The van der Waals surface area contributed by atoms with Crippen LogP contribution in [0.25, 0.3) is 10.8 Å². The van der Waals surface area contributed by atoms with Gasteiger partial charge in [0.25, 0.3) is 0 Å². The van der Waals surface area contributed by atoms with Crippen LogP contribution >= 0.6 is 0 Å². The fraction of sp³-hybridized carbons (Fsp3) is 0.333. The van der Waals surface area contributed by atoms with Gasteiger partial charge in [0.2, 0.25) is 0 Å². The molecular formula is C15H17NO3. The molecule has 0 aliphatic carbocycles. The molecule has 1 aliphatic rings. The van der Waals surface area contributed by atoms with Crippen LogP contribution in [0.2, 0.25) is 0 Å². The Morgan fingerprint density at radius 3 is 2.58 bits per heavy atom. The molecule has 0 saturated carbocycles. The Balaban J connectivity index is 1.93. The molecule has 0 spiro atoms. The molecule has 4 heteroatoms. The van der Waals surface area contributed by atoms with Crippen LogP contribution in [-0.4, -0.2) is 41.4 Å². The normalized spacial score (nSPS) is 16.8. The van der Waals surface area contributed by atoms with E-state index in [0.29, 0.717) is 17.3 Å². The lowest BCUT2D eigenvalue weighted by Gasteiger charge is -2.27. The number of benzene rings is 2. The van der Waals surface area contributed by atoms with Gasteiger partial charge in [-0.15, -0.1) is 0 Å². The Kier molecular flexibility index (Phi) is 3.27. The largest absolute Gasteiger partial charge is 0.507 e. The highest BCUT2D eigenvalue weighted by Gasteiger charge is 2.14. The average molecular weight is 259 g/mol. The van der Waals surface area contributed by atoms with E-state index >= 15 is 0 Å². The quantitative estimate of drug-likeness (QED) is 0.867. The molecule has 0 amide bonds. The molecule has 1 fully saturated rings. The van der Waals surface area contributed by atoms with Crippen LogP contribution in [0.1, 0.15) is 5.56 Å². The van der Waals surface area contributed by atoms with Crippen LogP contribution in [-0.2, 0) is 11.3 Å². The number of morpholine rings is 1. The smallest absolute Gasteiger partial charge is 0.128 e. The van der Waals surface area contributed by atoms with Gasteiger partial charge >= 0.3 is 0 Å². The molecule has 0 radical (unpaired) electrons. The predicted octanol–water partition coefficient (Wildman–Crippen LogP) is 2.08. The van der Waals surface area contributed by atoms with Crippen LogP contribution in [0, 0.1) is 0 Å². The Labute approximate surface area is 111 Å². The van der Waals surface area contributed by atoms with Gasteiger partial charge in [0, 0.05) is 36.0 Å². The molecule has 0 atom stereocenters. The molecule has 1 saturated heterocycles. The van der Waals surface area contributed by atoms with Gasteiger partial charge in [0.1, 0.15) is 11.5 Å². The Morgan fingerprint density at radius 2 is 1.79 bits per heavy atom. The topological polar surface area (TPSA) is 52.9 Å². The second kappa shape index (κ2) is 5.07. The molecule has 0 unspecified atom stereocenters. The Morgan fingerprint density at radius 1 is 1.00 bits per heavy atom. The molecule has 1 heterocycles. The van der Waals surface area contributed by atoms with Crippen molar-refractivity contribution >= 4 is 10.8 Å². The summed E-state index contributed by atoms with van der Waals surface area (Å²) < 4.78 is 5.32. The minimum Gasteiger partial charge on any atom is -0.507 e. The first kappa shape index (κ1) is 12.3. The standard InChI is InChI=1S/C15H17NO3/c17-14-3-1-2-13-12(14)5-4-11(15(13)18)10-16-6-8-19-9-7-16/h1-5,17-18H,6-10H2. The summed E-state index contributed by atoms with van der Waals surface area (Å²) >= 11 is 0. The highest BCUT2D eigenvalue weighted by molar-refractivity contribution is 5.93. The summed E-state index contributed by atoms with van der Waals surface area (Å²) in [5.74, 6) is 0.464. The van der Waals surface area contributed by atoms with Crippen LogP contribution in [0.3, 0.4) is 0 Å². The number of phenolic OH excluding ortho intramolecular Hbond substituents is 2. The van der Waals surface area contributed by atoms with Crippen LogP contribution in [0.4, 0.5) is 0 Å². The van der Waals surface area contributed by atoms with E-state index in [0.717, 1.165) is 31.9 Å². The van der Waals surface area contributed by atoms with Gasteiger partial charge in [-0.3, -0.25) is 4.90 Å². The lowest BCUT2D eigenvalue weighted by molar-refractivity contribution is 0.0339. The number of phenols is 2. The van der Waals surface area contributed by atoms with Crippen molar-refractivity contribution in [3.8, 4) is 11.5 Å². The summed E-state index contributed by atoms with van der Waals surface area (Å²) in [6.07, 6.45) is 0. The van der Waals surface area contributed by atoms with E-state index in [2.05, 4.69) is 4.90 Å². The highest BCUT2D eigenvalue weighted by atomic mass is 16.5. The van der Waals surface area contributed by atoms with E-state index in [1.165, 1.54) is 0 Å². The van der Waals surface area contributed by atoms with Crippen molar-refractivity contribution in [2.45, 2.75) is 6.54 Å². The third-order valence-electron chi connectivity index (χ3n) is 3.59. The molecular weight excluding hydrogens is 242 g/mol. The predicted molar refractivity (Wildman–Crippen MR) is 73.4 cm³/mol. The van der Waals surface area contributed by atoms with E-state index in [1.54, 1.807) is 12.1 Å². The number of nitrogens with zero attached hydrogens (tertiary/aromatic N) is 1. The number of aromatic hydroxyl groups is 2. The summed E-state index contributed by atoms with van der Waals surface area (Å²) in [4.78, 5) is 2.26. The summed E-state index contributed by atoms with van der Waals surface area (Å²) in [5, 5.41) is 21.5. The van der Waals surface area contributed by atoms with Crippen molar-refractivity contribution in [1.29, 1.82) is 0 Å². The molecule has 0 aromatic heterocycles. The molecule has 0 bridgehead atoms. The van der Waals surface area contributed by atoms with E-state index in [9.17, 15) is 10.2 Å². The lowest BCUT2D eigenvalue weighted by atomic mass is 10.0. The number of hydrogen-bond donors (Lipinski definition) is 2. The second-order valence-electron chi connectivity index (χ2n) is 4.83. The van der Waals surface area contributed by atoms with Crippen molar-refractivity contribution < 1.29 is 14.9 Å². The van der Waals surface area contributed by atoms with E-state index < -0.39 is 0 Å².